The maximum atomic E-state index is 12.5. The quantitative estimate of drug-likeness (QED) is 0.780. The number of carbonyl (C=O) groups is 2. The molecule has 22 heavy (non-hydrogen) atoms. The fourth-order valence-electron chi connectivity index (χ4n) is 2.31. The molecule has 0 aromatic rings. The lowest BCUT2D eigenvalue weighted by Crippen LogP contribution is -2.60. The minimum absolute atomic E-state index is 0.0362. The molecule has 128 valence electrons. The fourth-order valence-corrected chi connectivity index (χ4v) is 3.17. The molecule has 8 heteroatoms. The van der Waals surface area contributed by atoms with Gasteiger partial charge in [-0.05, 0) is 33.1 Å². The summed E-state index contributed by atoms with van der Waals surface area (Å²) in [7, 11) is -3.62. The summed E-state index contributed by atoms with van der Waals surface area (Å²) in [6.45, 7) is 9.18. The van der Waals surface area contributed by atoms with Gasteiger partial charge in [0, 0.05) is 6.54 Å². The van der Waals surface area contributed by atoms with E-state index in [9.17, 15) is 18.0 Å². The molecule has 0 aromatic carbocycles. The van der Waals surface area contributed by atoms with Gasteiger partial charge >= 0.3 is 6.09 Å². The standard InChI is InChI=1S/C14H26N2O5S/c1-10(2)9-11-12(17)16(22(6,19)20)8-7-15(11)13(18)21-14(3,4)5/h10-11H,7-9H2,1-6H3/t11-/m0/s1. The van der Waals surface area contributed by atoms with Crippen LogP contribution < -0.4 is 0 Å². The van der Waals surface area contributed by atoms with Crippen LogP contribution in [0.5, 0.6) is 0 Å². The number of amides is 2. The maximum absolute atomic E-state index is 12.5. The predicted octanol–water partition coefficient (Wildman–Crippen LogP) is 1.44. The number of hydrogen-bond acceptors (Lipinski definition) is 5. The highest BCUT2D eigenvalue weighted by molar-refractivity contribution is 7.88. The van der Waals surface area contributed by atoms with Crippen LogP contribution in [-0.4, -0.2) is 60.6 Å². The van der Waals surface area contributed by atoms with Crippen molar-refractivity contribution in [1.82, 2.24) is 9.21 Å². The van der Waals surface area contributed by atoms with E-state index < -0.39 is 33.7 Å². The van der Waals surface area contributed by atoms with Crippen molar-refractivity contribution in [1.29, 1.82) is 0 Å². The number of rotatable bonds is 3. The van der Waals surface area contributed by atoms with Gasteiger partial charge in [-0.1, -0.05) is 13.8 Å². The Hall–Kier alpha value is -1.31. The monoisotopic (exact) mass is 334 g/mol. The van der Waals surface area contributed by atoms with Gasteiger partial charge in [0.15, 0.2) is 0 Å². The van der Waals surface area contributed by atoms with Crippen molar-refractivity contribution in [3.63, 3.8) is 0 Å². The zero-order valence-corrected chi connectivity index (χ0v) is 14.9. The lowest BCUT2D eigenvalue weighted by Gasteiger charge is -2.40. The third kappa shape index (κ3) is 4.86. The van der Waals surface area contributed by atoms with Gasteiger partial charge in [0.25, 0.3) is 5.91 Å². The molecule has 7 nitrogen and oxygen atoms in total. The molecular weight excluding hydrogens is 308 g/mol. The molecule has 1 saturated heterocycles. The van der Waals surface area contributed by atoms with Crippen molar-refractivity contribution in [3.05, 3.63) is 0 Å². The van der Waals surface area contributed by atoms with Crippen molar-refractivity contribution in [2.75, 3.05) is 19.3 Å². The van der Waals surface area contributed by atoms with E-state index in [4.69, 9.17) is 4.74 Å². The SMILES string of the molecule is CC(C)C[C@H]1C(=O)N(S(C)(=O)=O)CCN1C(=O)OC(C)(C)C. The van der Waals surface area contributed by atoms with Crippen LogP contribution in [0, 0.1) is 5.92 Å². The van der Waals surface area contributed by atoms with E-state index in [0.717, 1.165) is 10.6 Å². The highest BCUT2D eigenvalue weighted by Crippen LogP contribution is 2.22. The van der Waals surface area contributed by atoms with E-state index in [-0.39, 0.29) is 19.0 Å². The highest BCUT2D eigenvalue weighted by atomic mass is 32.2. The summed E-state index contributed by atoms with van der Waals surface area (Å²) in [5, 5.41) is 0. The maximum Gasteiger partial charge on any atom is 0.411 e. The van der Waals surface area contributed by atoms with Crippen molar-refractivity contribution < 1.29 is 22.7 Å². The molecule has 0 saturated carbocycles. The Morgan fingerprint density at radius 1 is 1.32 bits per heavy atom. The Kier molecular flexibility index (Phi) is 5.48. The average Bonchev–Trinajstić information content (AvgIpc) is 2.26. The molecule has 2 amide bonds. The number of nitrogens with zero attached hydrogens (tertiary/aromatic N) is 2. The van der Waals surface area contributed by atoms with E-state index in [2.05, 4.69) is 0 Å². The van der Waals surface area contributed by atoms with Gasteiger partial charge in [0.1, 0.15) is 11.6 Å². The normalized spacial score (nSPS) is 20.5. The summed E-state index contributed by atoms with van der Waals surface area (Å²) in [6, 6.07) is -0.807. The van der Waals surface area contributed by atoms with Crippen molar-refractivity contribution >= 4 is 22.0 Å². The van der Waals surface area contributed by atoms with E-state index >= 15 is 0 Å². The van der Waals surface area contributed by atoms with Gasteiger partial charge < -0.3 is 4.74 Å². The molecule has 0 radical (unpaired) electrons. The molecule has 0 unspecified atom stereocenters. The van der Waals surface area contributed by atoms with Crippen molar-refractivity contribution in [2.45, 2.75) is 52.7 Å². The Morgan fingerprint density at radius 3 is 2.27 bits per heavy atom. The predicted molar refractivity (Wildman–Crippen MR) is 82.7 cm³/mol. The number of carbonyl (C=O) groups excluding carboxylic acids is 2. The van der Waals surface area contributed by atoms with Gasteiger partial charge in [-0.3, -0.25) is 9.69 Å². The summed E-state index contributed by atoms with van der Waals surface area (Å²) in [4.78, 5) is 26.1. The van der Waals surface area contributed by atoms with E-state index in [1.54, 1.807) is 20.8 Å². The van der Waals surface area contributed by atoms with Crippen LogP contribution in [0.3, 0.4) is 0 Å². The average molecular weight is 334 g/mol. The highest BCUT2D eigenvalue weighted by Gasteiger charge is 2.42. The minimum atomic E-state index is -3.62. The van der Waals surface area contributed by atoms with Crippen LogP contribution in [0.1, 0.15) is 41.0 Å². The van der Waals surface area contributed by atoms with Crippen LogP contribution >= 0.6 is 0 Å². The van der Waals surface area contributed by atoms with Crippen LogP contribution in [0.2, 0.25) is 0 Å². The summed E-state index contributed by atoms with van der Waals surface area (Å²) in [5.74, 6) is -0.424. The first-order valence-electron chi connectivity index (χ1n) is 7.34. The van der Waals surface area contributed by atoms with Crippen molar-refractivity contribution in [2.24, 2.45) is 5.92 Å². The molecule has 0 aliphatic carbocycles. The van der Waals surface area contributed by atoms with Gasteiger partial charge in [0.2, 0.25) is 10.0 Å². The molecule has 0 N–H and O–H groups in total. The molecule has 1 rings (SSSR count). The van der Waals surface area contributed by atoms with Gasteiger partial charge in [-0.25, -0.2) is 17.5 Å². The molecule has 1 aliphatic rings. The number of piperazine rings is 1. The summed E-state index contributed by atoms with van der Waals surface area (Å²) in [6.07, 6.45) is 0.810. The van der Waals surface area contributed by atoms with E-state index in [1.165, 1.54) is 4.90 Å². The summed E-state index contributed by atoms with van der Waals surface area (Å²) in [5.41, 5.74) is -0.670. The second-order valence-electron chi connectivity index (χ2n) is 6.99. The van der Waals surface area contributed by atoms with Gasteiger partial charge in [0.05, 0.1) is 12.8 Å². The molecule has 1 aliphatic heterocycles. The first-order chi connectivity index (χ1) is 9.83. The number of sulfonamides is 1. The second kappa shape index (κ2) is 6.44. The van der Waals surface area contributed by atoms with E-state index in [0.29, 0.717) is 6.42 Å². The minimum Gasteiger partial charge on any atom is -0.444 e. The fraction of sp³-hybridized carbons (Fsp3) is 0.857. The zero-order valence-electron chi connectivity index (χ0n) is 14.1. The lowest BCUT2D eigenvalue weighted by molar-refractivity contribution is -0.136. The van der Waals surface area contributed by atoms with Crippen LogP contribution in [0.25, 0.3) is 0 Å². The molecule has 1 heterocycles. The molecule has 0 bridgehead atoms. The zero-order chi connectivity index (χ0) is 17.3. The topological polar surface area (TPSA) is 84.0 Å². The molecule has 0 aromatic heterocycles. The first-order valence-corrected chi connectivity index (χ1v) is 9.19. The molecular formula is C14H26N2O5S. The van der Waals surface area contributed by atoms with Gasteiger partial charge in [-0.15, -0.1) is 0 Å². The number of hydrogen-bond donors (Lipinski definition) is 0. The Bertz CT molecular complexity index is 536. The molecule has 1 fully saturated rings. The van der Waals surface area contributed by atoms with E-state index in [1.807, 2.05) is 13.8 Å². The second-order valence-corrected chi connectivity index (χ2v) is 8.90. The Morgan fingerprint density at radius 2 is 1.86 bits per heavy atom. The summed E-state index contributed by atoms with van der Waals surface area (Å²) < 4.78 is 29.6. The third-order valence-corrected chi connectivity index (χ3v) is 4.34. The number of ether oxygens (including phenoxy) is 1. The van der Waals surface area contributed by atoms with Crippen LogP contribution in [-0.2, 0) is 19.6 Å². The third-order valence-electron chi connectivity index (χ3n) is 3.17. The Balaban J connectivity index is 3.04. The van der Waals surface area contributed by atoms with Gasteiger partial charge in [-0.2, -0.15) is 0 Å². The summed E-state index contributed by atoms with van der Waals surface area (Å²) >= 11 is 0. The molecule has 1 atom stereocenters. The van der Waals surface area contributed by atoms with Crippen molar-refractivity contribution in [3.8, 4) is 0 Å². The molecule has 0 spiro atoms. The lowest BCUT2D eigenvalue weighted by atomic mass is 10.0. The van der Waals surface area contributed by atoms with Crippen LogP contribution in [0.4, 0.5) is 4.79 Å². The Labute approximate surface area is 132 Å². The van der Waals surface area contributed by atoms with Crippen LogP contribution in [0.15, 0.2) is 0 Å². The largest absolute Gasteiger partial charge is 0.444 e. The first kappa shape index (κ1) is 18.7. The smallest absolute Gasteiger partial charge is 0.411 e.